The van der Waals surface area contributed by atoms with Crippen molar-refractivity contribution in [1.82, 2.24) is 5.16 Å². The van der Waals surface area contributed by atoms with Gasteiger partial charge in [-0.25, -0.2) is 4.79 Å². The van der Waals surface area contributed by atoms with Crippen LogP contribution in [0.2, 0.25) is 5.02 Å². The average molecular weight is 444 g/mol. The number of hydrogen-bond donors (Lipinski definition) is 2. The summed E-state index contributed by atoms with van der Waals surface area (Å²) >= 11 is 5.88. The van der Waals surface area contributed by atoms with Gasteiger partial charge in [-0.3, -0.25) is 9.59 Å². The molecular formula is C21H18ClN3O6. The van der Waals surface area contributed by atoms with Gasteiger partial charge < -0.3 is 24.6 Å². The summed E-state index contributed by atoms with van der Waals surface area (Å²) in [5, 5.41) is 9.37. The first-order valence-electron chi connectivity index (χ1n) is 9.02. The Morgan fingerprint density at radius 1 is 1.03 bits per heavy atom. The zero-order chi connectivity index (χ0) is 22.2. The molecule has 2 amide bonds. The fourth-order valence-corrected chi connectivity index (χ4v) is 2.81. The second-order valence-electron chi connectivity index (χ2n) is 6.24. The summed E-state index contributed by atoms with van der Waals surface area (Å²) in [6.45, 7) is -0.734. The van der Waals surface area contributed by atoms with E-state index in [1.807, 2.05) is 6.07 Å². The van der Waals surface area contributed by atoms with Crippen molar-refractivity contribution in [2.45, 2.75) is 0 Å². The monoisotopic (exact) mass is 443 g/mol. The molecular weight excluding hydrogens is 426 g/mol. The summed E-state index contributed by atoms with van der Waals surface area (Å²) in [5.74, 6) is -1.63. The molecule has 1 heterocycles. The third kappa shape index (κ3) is 6.14. The van der Waals surface area contributed by atoms with Gasteiger partial charge in [0.1, 0.15) is 25.2 Å². The molecule has 0 saturated carbocycles. The first-order valence-corrected chi connectivity index (χ1v) is 9.40. The number of halogens is 1. The first kappa shape index (κ1) is 22.0. The Bertz CT molecular complexity index is 1080. The Hall–Kier alpha value is -3.69. The number of carbonyl (C=O) groups is 3. The Morgan fingerprint density at radius 2 is 1.81 bits per heavy atom. The number of aromatic nitrogens is 1. The lowest BCUT2D eigenvalue weighted by Crippen LogP contribution is -2.24. The molecule has 160 valence electrons. The van der Waals surface area contributed by atoms with Crippen LogP contribution in [0, 0.1) is 0 Å². The highest BCUT2D eigenvalue weighted by molar-refractivity contribution is 6.31. The lowest BCUT2D eigenvalue weighted by molar-refractivity contribution is -0.125. The van der Waals surface area contributed by atoms with Gasteiger partial charge in [-0.1, -0.05) is 28.9 Å². The van der Waals surface area contributed by atoms with Gasteiger partial charge in [-0.2, -0.15) is 0 Å². The summed E-state index contributed by atoms with van der Waals surface area (Å²) < 4.78 is 14.6. The van der Waals surface area contributed by atoms with E-state index in [4.69, 9.17) is 20.9 Å². The minimum Gasteiger partial charge on any atom is -0.465 e. The predicted molar refractivity (Wildman–Crippen MR) is 113 cm³/mol. The van der Waals surface area contributed by atoms with E-state index < -0.39 is 24.4 Å². The van der Waals surface area contributed by atoms with Gasteiger partial charge in [0.2, 0.25) is 11.8 Å². The number of nitrogens with zero attached hydrogens (tertiary/aromatic N) is 1. The SMILES string of the molecule is COC(=O)c1cc(Cl)ccc1NC(=O)COCC(=O)Nc1cccc(-c2ccon2)c1. The zero-order valence-electron chi connectivity index (χ0n) is 16.4. The number of amides is 2. The van der Waals surface area contributed by atoms with Crippen LogP contribution in [0.4, 0.5) is 11.4 Å². The molecule has 0 aliphatic carbocycles. The number of rotatable bonds is 8. The first-order chi connectivity index (χ1) is 15.0. The van der Waals surface area contributed by atoms with Gasteiger partial charge in [0, 0.05) is 22.3 Å². The lowest BCUT2D eigenvalue weighted by Gasteiger charge is -2.11. The molecule has 31 heavy (non-hydrogen) atoms. The number of esters is 1. The fourth-order valence-electron chi connectivity index (χ4n) is 2.64. The van der Waals surface area contributed by atoms with Crippen LogP contribution in [0.15, 0.2) is 59.3 Å². The summed E-state index contributed by atoms with van der Waals surface area (Å²) in [7, 11) is 1.22. The van der Waals surface area contributed by atoms with Crippen molar-refractivity contribution in [3.8, 4) is 11.3 Å². The van der Waals surface area contributed by atoms with Crippen molar-refractivity contribution in [2.24, 2.45) is 0 Å². The molecule has 0 saturated heterocycles. The summed E-state index contributed by atoms with van der Waals surface area (Å²) in [6.07, 6.45) is 1.46. The zero-order valence-corrected chi connectivity index (χ0v) is 17.1. The topological polar surface area (TPSA) is 120 Å². The Labute approximate surface area is 182 Å². The van der Waals surface area contributed by atoms with E-state index in [-0.39, 0.29) is 17.9 Å². The van der Waals surface area contributed by atoms with Crippen LogP contribution in [0.5, 0.6) is 0 Å². The lowest BCUT2D eigenvalue weighted by atomic mass is 10.1. The van der Waals surface area contributed by atoms with Gasteiger partial charge in [0.25, 0.3) is 0 Å². The van der Waals surface area contributed by atoms with Crippen LogP contribution in [-0.2, 0) is 19.1 Å². The number of hydrogen-bond acceptors (Lipinski definition) is 7. The van der Waals surface area contributed by atoms with E-state index in [1.165, 1.54) is 31.6 Å². The molecule has 9 nitrogen and oxygen atoms in total. The highest BCUT2D eigenvalue weighted by Gasteiger charge is 2.15. The van der Waals surface area contributed by atoms with E-state index in [2.05, 4.69) is 20.5 Å². The molecule has 2 N–H and O–H groups in total. The second kappa shape index (κ2) is 10.4. The van der Waals surface area contributed by atoms with Crippen molar-refractivity contribution in [3.05, 3.63) is 65.4 Å². The maximum absolute atomic E-state index is 12.1. The van der Waals surface area contributed by atoms with Crippen LogP contribution in [0.25, 0.3) is 11.3 Å². The summed E-state index contributed by atoms with van der Waals surface area (Å²) in [6, 6.07) is 13.1. The molecule has 0 bridgehead atoms. The predicted octanol–water partition coefficient (Wildman–Crippen LogP) is 3.38. The Kier molecular flexibility index (Phi) is 7.36. The maximum atomic E-state index is 12.1. The van der Waals surface area contributed by atoms with Crippen molar-refractivity contribution < 1.29 is 28.4 Å². The van der Waals surface area contributed by atoms with Crippen molar-refractivity contribution >= 4 is 40.8 Å². The Morgan fingerprint density at radius 3 is 2.52 bits per heavy atom. The molecule has 10 heteroatoms. The van der Waals surface area contributed by atoms with Crippen LogP contribution in [-0.4, -0.2) is 43.3 Å². The van der Waals surface area contributed by atoms with Gasteiger partial charge >= 0.3 is 5.97 Å². The molecule has 3 rings (SSSR count). The largest absolute Gasteiger partial charge is 0.465 e. The third-order valence-corrected chi connectivity index (χ3v) is 4.24. The molecule has 0 atom stereocenters. The molecule has 0 spiro atoms. The van der Waals surface area contributed by atoms with E-state index in [0.717, 1.165) is 5.56 Å². The molecule has 0 aliphatic heterocycles. The van der Waals surface area contributed by atoms with Gasteiger partial charge in [-0.15, -0.1) is 0 Å². The number of ether oxygens (including phenoxy) is 2. The van der Waals surface area contributed by atoms with Crippen molar-refractivity contribution in [3.63, 3.8) is 0 Å². The highest BCUT2D eigenvalue weighted by Crippen LogP contribution is 2.22. The molecule has 0 aliphatic rings. The second-order valence-corrected chi connectivity index (χ2v) is 6.67. The van der Waals surface area contributed by atoms with E-state index >= 15 is 0 Å². The van der Waals surface area contributed by atoms with Crippen molar-refractivity contribution in [2.75, 3.05) is 31.0 Å². The highest BCUT2D eigenvalue weighted by atomic mass is 35.5. The van der Waals surface area contributed by atoms with Gasteiger partial charge in [0.15, 0.2) is 0 Å². The summed E-state index contributed by atoms with van der Waals surface area (Å²) in [4.78, 5) is 36.0. The van der Waals surface area contributed by atoms with E-state index in [1.54, 1.807) is 24.3 Å². The molecule has 0 radical (unpaired) electrons. The number of benzene rings is 2. The molecule has 0 fully saturated rings. The van der Waals surface area contributed by atoms with Crippen LogP contribution < -0.4 is 10.6 Å². The van der Waals surface area contributed by atoms with E-state index in [0.29, 0.717) is 16.4 Å². The van der Waals surface area contributed by atoms with Crippen molar-refractivity contribution in [1.29, 1.82) is 0 Å². The number of anilines is 2. The number of nitrogens with one attached hydrogen (secondary N) is 2. The minimum atomic E-state index is -0.647. The van der Waals surface area contributed by atoms with Gasteiger partial charge in [0.05, 0.1) is 18.4 Å². The molecule has 3 aromatic rings. The molecule has 1 aromatic heterocycles. The quantitative estimate of drug-likeness (QED) is 0.512. The number of carbonyl (C=O) groups excluding carboxylic acids is 3. The average Bonchev–Trinajstić information content (AvgIpc) is 3.29. The number of methoxy groups -OCH3 is 1. The minimum absolute atomic E-state index is 0.105. The smallest absolute Gasteiger partial charge is 0.340 e. The van der Waals surface area contributed by atoms with Gasteiger partial charge in [-0.05, 0) is 30.3 Å². The normalized spacial score (nSPS) is 10.4. The third-order valence-electron chi connectivity index (χ3n) is 4.01. The standard InChI is InChI=1S/C21H18ClN3O6/c1-29-21(28)16-10-14(22)5-6-18(16)24-20(27)12-30-11-19(26)23-15-4-2-3-13(9-15)17-7-8-31-25-17/h2-10H,11-12H2,1H3,(H,23,26)(H,24,27). The molecule has 2 aromatic carbocycles. The van der Waals surface area contributed by atoms with Crippen LogP contribution >= 0.6 is 11.6 Å². The summed E-state index contributed by atoms with van der Waals surface area (Å²) in [5.41, 5.74) is 2.28. The fraction of sp³-hybridized carbons (Fsp3) is 0.143. The van der Waals surface area contributed by atoms with Crippen LogP contribution in [0.1, 0.15) is 10.4 Å². The van der Waals surface area contributed by atoms with Crippen LogP contribution in [0.3, 0.4) is 0 Å². The van der Waals surface area contributed by atoms with E-state index in [9.17, 15) is 14.4 Å². The maximum Gasteiger partial charge on any atom is 0.340 e. The Balaban J connectivity index is 1.49. The molecule has 0 unspecified atom stereocenters.